The van der Waals surface area contributed by atoms with Crippen LogP contribution >= 0.6 is 0 Å². The van der Waals surface area contributed by atoms with Gasteiger partial charge in [-0.05, 0) is 44.2 Å². The van der Waals surface area contributed by atoms with Crippen molar-refractivity contribution in [2.75, 3.05) is 13.6 Å². The molecule has 0 saturated heterocycles. The van der Waals surface area contributed by atoms with Crippen molar-refractivity contribution < 1.29 is 21.6 Å². The van der Waals surface area contributed by atoms with Gasteiger partial charge in [0, 0.05) is 31.4 Å². The number of rotatable bonds is 6. The van der Waals surface area contributed by atoms with Crippen LogP contribution < -0.4 is 11.2 Å². The molecule has 164 valence electrons. The van der Waals surface area contributed by atoms with Gasteiger partial charge in [0.25, 0.3) is 5.56 Å². The molecule has 1 aromatic heterocycles. The quantitative estimate of drug-likeness (QED) is 0.738. The van der Waals surface area contributed by atoms with Gasteiger partial charge in [-0.3, -0.25) is 14.3 Å². The van der Waals surface area contributed by atoms with Gasteiger partial charge < -0.3 is 0 Å². The van der Waals surface area contributed by atoms with Crippen LogP contribution in [0, 0.1) is 0 Å². The van der Waals surface area contributed by atoms with E-state index in [-0.39, 0.29) is 19.5 Å². The van der Waals surface area contributed by atoms with E-state index >= 15 is 0 Å². The first-order valence-corrected chi connectivity index (χ1v) is 10.9. The number of hydrogen-bond donors (Lipinski definition) is 1. The molecule has 7 nitrogen and oxygen atoms in total. The third-order valence-corrected chi connectivity index (χ3v) is 7.15. The van der Waals surface area contributed by atoms with E-state index in [9.17, 15) is 31.2 Å². The second kappa shape index (κ2) is 8.38. The Morgan fingerprint density at radius 3 is 2.50 bits per heavy atom. The van der Waals surface area contributed by atoms with Crippen molar-refractivity contribution in [3.05, 3.63) is 61.9 Å². The van der Waals surface area contributed by atoms with Gasteiger partial charge in [-0.25, -0.2) is 17.5 Å². The van der Waals surface area contributed by atoms with Gasteiger partial charge in [0.15, 0.2) is 0 Å². The molecule has 0 radical (unpaired) electrons. The molecule has 1 aliphatic carbocycles. The number of nitrogens with zero attached hydrogens (tertiary/aromatic N) is 2. The summed E-state index contributed by atoms with van der Waals surface area (Å²) in [5.74, 6) is 0. The average Bonchev–Trinajstić information content (AvgIpc) is 2.69. The van der Waals surface area contributed by atoms with E-state index < -0.39 is 37.9 Å². The molecular formula is C19H22F3N3O4S. The number of aromatic amines is 1. The highest BCUT2D eigenvalue weighted by Gasteiger charge is 2.38. The van der Waals surface area contributed by atoms with Crippen LogP contribution in [0.4, 0.5) is 13.2 Å². The lowest BCUT2D eigenvalue weighted by molar-refractivity contribution is -0.139. The van der Waals surface area contributed by atoms with E-state index in [4.69, 9.17) is 0 Å². The predicted molar refractivity (Wildman–Crippen MR) is 104 cm³/mol. The lowest BCUT2D eigenvalue weighted by Crippen LogP contribution is -2.37. The maximum absolute atomic E-state index is 13.2. The Balaban J connectivity index is 1.79. The number of aromatic nitrogens is 2. The molecule has 1 N–H and O–H groups in total. The SMILES string of the molecule is CN(CCCn1c2c(c(=O)[nH]c1=O)CCCC2)S(=O)(=O)c1ccccc1C(F)(F)F. The molecule has 0 fully saturated rings. The first-order chi connectivity index (χ1) is 14.0. The Labute approximate surface area is 171 Å². The maximum Gasteiger partial charge on any atom is 0.417 e. The average molecular weight is 445 g/mol. The van der Waals surface area contributed by atoms with E-state index in [1.165, 1.54) is 17.7 Å². The number of benzene rings is 1. The van der Waals surface area contributed by atoms with Crippen molar-refractivity contribution in [2.45, 2.75) is 49.7 Å². The molecule has 0 amide bonds. The molecule has 1 aliphatic rings. The summed E-state index contributed by atoms with van der Waals surface area (Å²) >= 11 is 0. The second-order valence-corrected chi connectivity index (χ2v) is 9.23. The van der Waals surface area contributed by atoms with E-state index in [0.29, 0.717) is 24.1 Å². The molecule has 1 heterocycles. The molecule has 0 saturated carbocycles. The van der Waals surface area contributed by atoms with Gasteiger partial charge in [-0.15, -0.1) is 0 Å². The van der Waals surface area contributed by atoms with Gasteiger partial charge in [-0.2, -0.15) is 13.2 Å². The van der Waals surface area contributed by atoms with Crippen LogP contribution in [0.3, 0.4) is 0 Å². The molecule has 0 unspecified atom stereocenters. The molecule has 0 spiro atoms. The van der Waals surface area contributed by atoms with Gasteiger partial charge in [0.1, 0.15) is 0 Å². The monoisotopic (exact) mass is 445 g/mol. The van der Waals surface area contributed by atoms with Crippen LogP contribution in [0.5, 0.6) is 0 Å². The van der Waals surface area contributed by atoms with Crippen LogP contribution in [0.25, 0.3) is 0 Å². The second-order valence-electron chi connectivity index (χ2n) is 7.22. The summed E-state index contributed by atoms with van der Waals surface area (Å²) in [5.41, 5.74) is -0.949. The van der Waals surface area contributed by atoms with Crippen LogP contribution in [-0.2, 0) is 35.6 Å². The number of hydrogen-bond acceptors (Lipinski definition) is 4. The largest absolute Gasteiger partial charge is 0.417 e. The lowest BCUT2D eigenvalue weighted by Gasteiger charge is -2.22. The summed E-state index contributed by atoms with van der Waals surface area (Å²) < 4.78 is 67.3. The molecule has 3 rings (SSSR count). The minimum absolute atomic E-state index is 0.0884. The number of nitrogens with one attached hydrogen (secondary N) is 1. The minimum atomic E-state index is -4.80. The molecule has 30 heavy (non-hydrogen) atoms. The highest BCUT2D eigenvalue weighted by atomic mass is 32.2. The topological polar surface area (TPSA) is 92.2 Å². The lowest BCUT2D eigenvalue weighted by atomic mass is 9.97. The molecular weight excluding hydrogens is 423 g/mol. The van der Waals surface area contributed by atoms with E-state index in [2.05, 4.69) is 4.98 Å². The number of fused-ring (bicyclic) bond motifs is 1. The number of sulfonamides is 1. The van der Waals surface area contributed by atoms with E-state index in [1.54, 1.807) is 0 Å². The summed E-state index contributed by atoms with van der Waals surface area (Å²) in [6, 6.07) is 4.03. The molecule has 0 bridgehead atoms. The van der Waals surface area contributed by atoms with Crippen LogP contribution in [0.1, 0.15) is 36.1 Å². The van der Waals surface area contributed by atoms with Gasteiger partial charge in [0.05, 0.1) is 10.5 Å². The highest BCUT2D eigenvalue weighted by Crippen LogP contribution is 2.34. The third kappa shape index (κ3) is 4.36. The summed E-state index contributed by atoms with van der Waals surface area (Å²) in [6.45, 7) is 0.0631. The normalized spacial score (nSPS) is 14.7. The van der Waals surface area contributed by atoms with Gasteiger partial charge in [-0.1, -0.05) is 12.1 Å². The van der Waals surface area contributed by atoms with Crippen LogP contribution in [0.15, 0.2) is 38.8 Å². The zero-order chi connectivity index (χ0) is 22.1. The fourth-order valence-electron chi connectivity index (χ4n) is 3.70. The summed E-state index contributed by atoms with van der Waals surface area (Å²) in [4.78, 5) is 25.7. The van der Waals surface area contributed by atoms with Gasteiger partial charge in [0.2, 0.25) is 10.0 Å². The highest BCUT2D eigenvalue weighted by molar-refractivity contribution is 7.89. The molecule has 0 atom stereocenters. The standard InChI is InChI=1S/C19H22F3N3O4S/c1-24(30(28,29)16-10-5-3-8-14(16)19(20,21)22)11-6-12-25-15-9-4-2-7-13(15)17(26)23-18(25)27/h3,5,8,10H,2,4,6-7,9,11-12H2,1H3,(H,23,26,27). The third-order valence-electron chi connectivity index (χ3n) is 5.24. The van der Waals surface area contributed by atoms with Crippen molar-refractivity contribution in [1.82, 2.24) is 13.9 Å². The van der Waals surface area contributed by atoms with Crippen molar-refractivity contribution in [2.24, 2.45) is 0 Å². The summed E-state index contributed by atoms with van der Waals surface area (Å²) in [5, 5.41) is 0. The first-order valence-electron chi connectivity index (χ1n) is 9.51. The zero-order valence-electron chi connectivity index (χ0n) is 16.3. The number of H-pyrrole nitrogens is 1. The Bertz CT molecular complexity index is 1150. The summed E-state index contributed by atoms with van der Waals surface area (Å²) in [7, 11) is -3.17. The van der Waals surface area contributed by atoms with Crippen molar-refractivity contribution in [1.29, 1.82) is 0 Å². The molecule has 0 aliphatic heterocycles. The minimum Gasteiger partial charge on any atom is -0.297 e. The number of alkyl halides is 3. The van der Waals surface area contributed by atoms with Crippen LogP contribution in [-0.4, -0.2) is 35.9 Å². The van der Waals surface area contributed by atoms with E-state index in [0.717, 1.165) is 35.3 Å². The fraction of sp³-hybridized carbons (Fsp3) is 0.474. The fourth-order valence-corrected chi connectivity index (χ4v) is 5.11. The molecule has 11 heteroatoms. The zero-order valence-corrected chi connectivity index (χ0v) is 17.1. The Kier molecular flexibility index (Phi) is 6.23. The Morgan fingerprint density at radius 1 is 1.13 bits per heavy atom. The molecule has 2 aromatic rings. The van der Waals surface area contributed by atoms with Crippen LogP contribution in [0.2, 0.25) is 0 Å². The molecule has 1 aromatic carbocycles. The van der Waals surface area contributed by atoms with Crippen molar-refractivity contribution in [3.8, 4) is 0 Å². The van der Waals surface area contributed by atoms with Gasteiger partial charge >= 0.3 is 11.9 Å². The van der Waals surface area contributed by atoms with Crippen molar-refractivity contribution >= 4 is 10.0 Å². The smallest absolute Gasteiger partial charge is 0.297 e. The Hall–Kier alpha value is -2.40. The van der Waals surface area contributed by atoms with E-state index in [1.807, 2.05) is 0 Å². The predicted octanol–water partition coefficient (Wildman–Crippen LogP) is 2.14. The summed E-state index contributed by atoms with van der Waals surface area (Å²) in [6.07, 6.45) is -1.74. The maximum atomic E-state index is 13.2. The number of halogens is 3. The first kappa shape index (κ1) is 22.3. The Morgan fingerprint density at radius 2 is 1.80 bits per heavy atom. The van der Waals surface area contributed by atoms with Crippen molar-refractivity contribution in [3.63, 3.8) is 0 Å².